The summed E-state index contributed by atoms with van der Waals surface area (Å²) >= 11 is 2.85. The number of thioether (sulfide) groups is 1. The Morgan fingerprint density at radius 1 is 1.07 bits per heavy atom. The molecule has 0 saturated carbocycles. The fourth-order valence-corrected chi connectivity index (χ4v) is 6.11. The van der Waals surface area contributed by atoms with Crippen molar-refractivity contribution in [3.05, 3.63) is 59.7 Å². The Hall–Kier alpha value is -1.90. The highest BCUT2D eigenvalue weighted by molar-refractivity contribution is 8.02. The molecule has 0 spiro atoms. The van der Waals surface area contributed by atoms with Gasteiger partial charge in [-0.25, -0.2) is 8.42 Å². The van der Waals surface area contributed by atoms with Gasteiger partial charge >= 0.3 is 0 Å². The second-order valence-corrected chi connectivity index (χ2v) is 10.4. The zero-order chi connectivity index (χ0) is 19.3. The number of nitrogens with zero attached hydrogens (tertiary/aromatic N) is 2. The van der Waals surface area contributed by atoms with E-state index in [0.717, 1.165) is 22.0 Å². The predicted molar refractivity (Wildman–Crippen MR) is 113 cm³/mol. The molecule has 0 saturated heterocycles. The Labute approximate surface area is 168 Å². The molecule has 0 aliphatic heterocycles. The van der Waals surface area contributed by atoms with E-state index in [4.69, 9.17) is 0 Å². The van der Waals surface area contributed by atoms with Crippen molar-refractivity contribution in [1.29, 1.82) is 0 Å². The van der Waals surface area contributed by atoms with Crippen molar-refractivity contribution < 1.29 is 8.42 Å². The summed E-state index contributed by atoms with van der Waals surface area (Å²) < 4.78 is 25.4. The van der Waals surface area contributed by atoms with E-state index >= 15 is 0 Å². The first-order chi connectivity index (χ1) is 13.0. The van der Waals surface area contributed by atoms with Crippen LogP contribution in [0.2, 0.25) is 0 Å². The molecule has 142 valence electrons. The molecule has 1 N–H and O–H groups in total. The number of nitrogens with one attached hydrogen (secondary N) is 1. The SMILES string of the molecule is CCc1cccc(C)c1Nc1nnc(SCCS(=O)(=O)c2ccccc2)s1. The maximum absolute atomic E-state index is 12.3. The Balaban J connectivity index is 1.61. The summed E-state index contributed by atoms with van der Waals surface area (Å²) in [6, 6.07) is 14.7. The van der Waals surface area contributed by atoms with Crippen molar-refractivity contribution in [2.75, 3.05) is 16.8 Å². The third kappa shape index (κ3) is 5.09. The van der Waals surface area contributed by atoms with E-state index in [2.05, 4.69) is 41.5 Å². The number of para-hydroxylation sites is 1. The van der Waals surface area contributed by atoms with Crippen molar-refractivity contribution in [3.8, 4) is 0 Å². The smallest absolute Gasteiger partial charge is 0.210 e. The second-order valence-electron chi connectivity index (χ2n) is 5.94. The molecule has 0 bridgehead atoms. The molecule has 0 atom stereocenters. The quantitative estimate of drug-likeness (QED) is 0.533. The molecule has 3 rings (SSSR count). The zero-order valence-corrected chi connectivity index (χ0v) is 17.6. The standard InChI is InChI=1S/C19H21N3O2S3/c1-3-15-9-7-8-14(2)17(15)20-18-21-22-19(26-18)25-12-13-27(23,24)16-10-5-4-6-11-16/h4-11H,3,12-13H2,1-2H3,(H,20,21). The van der Waals surface area contributed by atoms with Gasteiger partial charge in [0.15, 0.2) is 14.2 Å². The first-order valence-corrected chi connectivity index (χ1v) is 12.0. The molecule has 0 amide bonds. The lowest BCUT2D eigenvalue weighted by Crippen LogP contribution is -2.08. The summed E-state index contributed by atoms with van der Waals surface area (Å²) in [5.41, 5.74) is 3.46. The molecule has 0 unspecified atom stereocenters. The van der Waals surface area contributed by atoms with Crippen LogP contribution >= 0.6 is 23.1 Å². The molecular weight excluding hydrogens is 398 g/mol. The van der Waals surface area contributed by atoms with Gasteiger partial charge in [0.05, 0.1) is 10.6 Å². The molecule has 8 heteroatoms. The van der Waals surface area contributed by atoms with E-state index in [1.807, 2.05) is 12.1 Å². The van der Waals surface area contributed by atoms with Crippen LogP contribution < -0.4 is 5.32 Å². The van der Waals surface area contributed by atoms with Gasteiger partial charge in [0, 0.05) is 11.4 Å². The number of anilines is 2. The molecule has 2 aromatic carbocycles. The van der Waals surface area contributed by atoms with Gasteiger partial charge in [0.1, 0.15) is 0 Å². The summed E-state index contributed by atoms with van der Waals surface area (Å²) in [5.74, 6) is 0.512. The van der Waals surface area contributed by atoms with E-state index in [0.29, 0.717) is 15.8 Å². The molecular formula is C19H21N3O2S3. The number of hydrogen-bond donors (Lipinski definition) is 1. The summed E-state index contributed by atoms with van der Waals surface area (Å²) in [4.78, 5) is 0.358. The molecule has 5 nitrogen and oxygen atoms in total. The third-order valence-corrected chi connectivity index (χ3v) is 8.02. The predicted octanol–water partition coefficient (Wildman–Crippen LogP) is 4.72. The molecule has 3 aromatic rings. The molecule has 1 heterocycles. The fraction of sp³-hybridized carbons (Fsp3) is 0.263. The minimum Gasteiger partial charge on any atom is -0.330 e. The number of hydrogen-bond acceptors (Lipinski definition) is 7. The van der Waals surface area contributed by atoms with Gasteiger partial charge in [-0.15, -0.1) is 10.2 Å². The monoisotopic (exact) mass is 419 g/mol. The van der Waals surface area contributed by atoms with E-state index in [1.54, 1.807) is 24.3 Å². The molecule has 0 aliphatic rings. The number of aromatic nitrogens is 2. The van der Waals surface area contributed by atoms with Crippen molar-refractivity contribution in [1.82, 2.24) is 10.2 Å². The highest BCUT2D eigenvalue weighted by atomic mass is 32.2. The topological polar surface area (TPSA) is 72.0 Å². The fourth-order valence-electron chi connectivity index (χ4n) is 2.61. The summed E-state index contributed by atoms with van der Waals surface area (Å²) in [6.45, 7) is 4.18. The molecule has 27 heavy (non-hydrogen) atoms. The lowest BCUT2D eigenvalue weighted by atomic mass is 10.1. The summed E-state index contributed by atoms with van der Waals surface area (Å²) in [5, 5.41) is 12.4. The minimum atomic E-state index is -3.27. The number of sulfone groups is 1. The van der Waals surface area contributed by atoms with Crippen LogP contribution in [0.15, 0.2) is 57.8 Å². The molecule has 0 fully saturated rings. The Kier molecular flexibility index (Phi) is 6.51. The van der Waals surface area contributed by atoms with Crippen LogP contribution in [0.3, 0.4) is 0 Å². The summed E-state index contributed by atoms with van der Waals surface area (Å²) in [7, 11) is -3.27. The summed E-state index contributed by atoms with van der Waals surface area (Å²) in [6.07, 6.45) is 0.932. The lowest BCUT2D eigenvalue weighted by Gasteiger charge is -2.11. The van der Waals surface area contributed by atoms with Crippen molar-refractivity contribution in [2.45, 2.75) is 29.5 Å². The van der Waals surface area contributed by atoms with Crippen LogP contribution in [-0.4, -0.2) is 30.1 Å². The highest BCUT2D eigenvalue weighted by Crippen LogP contribution is 2.31. The van der Waals surface area contributed by atoms with Crippen molar-refractivity contribution in [2.24, 2.45) is 0 Å². The highest BCUT2D eigenvalue weighted by Gasteiger charge is 2.15. The van der Waals surface area contributed by atoms with Crippen LogP contribution in [0.25, 0.3) is 0 Å². The maximum Gasteiger partial charge on any atom is 0.210 e. The van der Waals surface area contributed by atoms with Gasteiger partial charge in [-0.1, -0.05) is 66.4 Å². The van der Waals surface area contributed by atoms with E-state index in [-0.39, 0.29) is 5.75 Å². The average Bonchev–Trinajstić information content (AvgIpc) is 3.11. The Morgan fingerprint density at radius 2 is 1.85 bits per heavy atom. The lowest BCUT2D eigenvalue weighted by molar-refractivity contribution is 0.597. The average molecular weight is 420 g/mol. The van der Waals surface area contributed by atoms with Crippen LogP contribution in [-0.2, 0) is 16.3 Å². The van der Waals surface area contributed by atoms with Crippen LogP contribution in [0, 0.1) is 6.92 Å². The van der Waals surface area contributed by atoms with Crippen molar-refractivity contribution in [3.63, 3.8) is 0 Å². The number of rotatable bonds is 8. The van der Waals surface area contributed by atoms with Gasteiger partial charge in [-0.3, -0.25) is 0 Å². The first-order valence-electron chi connectivity index (χ1n) is 8.59. The van der Waals surface area contributed by atoms with E-state index in [9.17, 15) is 8.42 Å². The van der Waals surface area contributed by atoms with Crippen LogP contribution in [0.4, 0.5) is 10.8 Å². The molecule has 1 aromatic heterocycles. The van der Waals surface area contributed by atoms with E-state index < -0.39 is 9.84 Å². The minimum absolute atomic E-state index is 0.0712. The maximum atomic E-state index is 12.3. The third-order valence-electron chi connectivity index (χ3n) is 4.06. The molecule has 0 aliphatic carbocycles. The normalized spacial score (nSPS) is 11.5. The van der Waals surface area contributed by atoms with Crippen molar-refractivity contribution >= 4 is 43.8 Å². The largest absolute Gasteiger partial charge is 0.330 e. The van der Waals surface area contributed by atoms with Crippen LogP contribution in [0.1, 0.15) is 18.1 Å². The molecule has 0 radical (unpaired) electrons. The van der Waals surface area contributed by atoms with E-state index in [1.165, 1.54) is 28.7 Å². The second kappa shape index (κ2) is 8.86. The van der Waals surface area contributed by atoms with Gasteiger partial charge in [-0.2, -0.15) is 0 Å². The number of aryl methyl sites for hydroxylation is 2. The Bertz CT molecular complexity index is 1000. The van der Waals surface area contributed by atoms with Gasteiger partial charge < -0.3 is 5.32 Å². The first kappa shape index (κ1) is 19.9. The van der Waals surface area contributed by atoms with Crippen LogP contribution in [0.5, 0.6) is 0 Å². The Morgan fingerprint density at radius 3 is 2.59 bits per heavy atom. The van der Waals surface area contributed by atoms with Gasteiger partial charge in [-0.05, 0) is 36.6 Å². The number of benzene rings is 2. The zero-order valence-electron chi connectivity index (χ0n) is 15.2. The van der Waals surface area contributed by atoms with Gasteiger partial charge in [0.2, 0.25) is 5.13 Å². The van der Waals surface area contributed by atoms with Gasteiger partial charge in [0.25, 0.3) is 0 Å².